The first-order chi connectivity index (χ1) is 13.5. The molecule has 28 heavy (non-hydrogen) atoms. The first kappa shape index (κ1) is 20.2. The van der Waals surface area contributed by atoms with E-state index in [9.17, 15) is 13.2 Å². The van der Waals surface area contributed by atoms with E-state index in [0.29, 0.717) is 11.4 Å². The van der Waals surface area contributed by atoms with Crippen molar-refractivity contribution in [3.05, 3.63) is 29.3 Å². The van der Waals surface area contributed by atoms with Gasteiger partial charge in [-0.15, -0.1) is 0 Å². The van der Waals surface area contributed by atoms with Crippen LogP contribution in [0.2, 0.25) is 0 Å². The number of hydrogen-bond donors (Lipinski definition) is 0. The van der Waals surface area contributed by atoms with Crippen LogP contribution in [-0.2, 0) is 32.2 Å². The first-order valence-corrected chi connectivity index (χ1v) is 13.2. The summed E-state index contributed by atoms with van der Waals surface area (Å²) in [7, 11) is -3.45. The zero-order valence-electron chi connectivity index (χ0n) is 16.3. The lowest BCUT2D eigenvalue weighted by atomic mass is 10.1. The summed E-state index contributed by atoms with van der Waals surface area (Å²) in [4.78, 5) is 15.3. The largest absolute Gasteiger partial charge is 0.376 e. The quantitative estimate of drug-likeness (QED) is 0.675. The van der Waals surface area contributed by atoms with Gasteiger partial charge in [0.25, 0.3) is 0 Å². The minimum atomic E-state index is -3.45. The maximum absolute atomic E-state index is 13.0. The van der Waals surface area contributed by atoms with Crippen LogP contribution in [0.15, 0.2) is 23.1 Å². The summed E-state index contributed by atoms with van der Waals surface area (Å²) in [5, 5.41) is 0. The lowest BCUT2D eigenvalue weighted by molar-refractivity contribution is -0.134. The van der Waals surface area contributed by atoms with Gasteiger partial charge in [0.1, 0.15) is 0 Å². The summed E-state index contributed by atoms with van der Waals surface area (Å²) in [6.07, 6.45) is 6.24. The number of rotatable bonds is 7. The molecule has 1 aliphatic carbocycles. The number of sulfone groups is 1. The molecule has 2 atom stereocenters. The van der Waals surface area contributed by atoms with E-state index in [1.807, 2.05) is 28.8 Å². The third-order valence-electron chi connectivity index (χ3n) is 6.10. The van der Waals surface area contributed by atoms with Crippen molar-refractivity contribution in [1.82, 2.24) is 4.90 Å². The Morgan fingerprint density at radius 1 is 1.18 bits per heavy atom. The van der Waals surface area contributed by atoms with Crippen LogP contribution in [0, 0.1) is 0 Å². The number of carbonyl (C=O) groups is 1. The van der Waals surface area contributed by atoms with Crippen LogP contribution >= 0.6 is 11.8 Å². The van der Waals surface area contributed by atoms with Crippen molar-refractivity contribution in [3.8, 4) is 0 Å². The van der Waals surface area contributed by atoms with Gasteiger partial charge >= 0.3 is 0 Å². The number of hydrogen-bond acceptors (Lipinski definition) is 5. The third kappa shape index (κ3) is 4.57. The van der Waals surface area contributed by atoms with Crippen molar-refractivity contribution in [1.29, 1.82) is 0 Å². The molecule has 3 aliphatic rings. The second-order valence-electron chi connectivity index (χ2n) is 8.05. The number of fused-ring (bicyclic) bond motifs is 1. The highest BCUT2D eigenvalue weighted by molar-refractivity contribution is 7.99. The molecule has 2 saturated heterocycles. The van der Waals surface area contributed by atoms with Crippen molar-refractivity contribution in [2.75, 3.05) is 30.4 Å². The van der Waals surface area contributed by atoms with Crippen LogP contribution in [0.4, 0.5) is 0 Å². The maximum atomic E-state index is 13.0. The summed E-state index contributed by atoms with van der Waals surface area (Å²) in [6.45, 7) is 1.36. The molecular formula is C21H29NO4S2. The van der Waals surface area contributed by atoms with Gasteiger partial charge in [-0.2, -0.15) is 11.8 Å². The van der Waals surface area contributed by atoms with Gasteiger partial charge in [0.2, 0.25) is 5.91 Å². The zero-order chi connectivity index (χ0) is 19.6. The first-order valence-electron chi connectivity index (χ1n) is 10.4. The van der Waals surface area contributed by atoms with Crippen LogP contribution in [0.25, 0.3) is 0 Å². The molecule has 1 amide bonds. The number of nitrogens with zero attached hydrogens (tertiary/aromatic N) is 1. The highest BCUT2D eigenvalue weighted by Gasteiger charge is 2.31. The molecule has 1 aromatic rings. The zero-order valence-corrected chi connectivity index (χ0v) is 17.9. The average molecular weight is 424 g/mol. The molecule has 154 valence electrons. The standard InChI is InChI=1S/C21H29NO4S2/c23-21(22(18-8-11-27-15-18)14-19-5-2-10-26-19)9-12-28(24,25)20-7-6-16-3-1-4-17(16)13-20/h6-7,13,18-19H,1-5,8-12,14-15H2. The molecule has 2 heterocycles. The average Bonchev–Trinajstić information content (AvgIpc) is 3.45. The molecule has 2 fully saturated rings. The monoisotopic (exact) mass is 423 g/mol. The Labute approximate surface area is 172 Å². The van der Waals surface area contributed by atoms with E-state index < -0.39 is 9.84 Å². The number of amides is 1. The van der Waals surface area contributed by atoms with Crippen molar-refractivity contribution in [3.63, 3.8) is 0 Å². The normalized spacial score (nSPS) is 24.4. The number of aryl methyl sites for hydroxylation is 2. The summed E-state index contributed by atoms with van der Waals surface area (Å²) in [5.41, 5.74) is 2.41. The Morgan fingerprint density at radius 2 is 2.04 bits per heavy atom. The van der Waals surface area contributed by atoms with Gasteiger partial charge in [-0.05, 0) is 67.5 Å². The number of benzene rings is 1. The van der Waals surface area contributed by atoms with Crippen molar-refractivity contribution in [2.24, 2.45) is 0 Å². The molecule has 5 nitrogen and oxygen atoms in total. The van der Waals surface area contributed by atoms with E-state index in [-0.39, 0.29) is 30.2 Å². The van der Waals surface area contributed by atoms with E-state index in [0.717, 1.165) is 62.2 Å². The SMILES string of the molecule is O=C(CCS(=O)(=O)c1ccc2c(c1)CCC2)N(CC1CCCO1)C1CCSC1. The third-order valence-corrected chi connectivity index (χ3v) is 8.96. The highest BCUT2D eigenvalue weighted by Crippen LogP contribution is 2.27. The highest BCUT2D eigenvalue weighted by atomic mass is 32.2. The fraction of sp³-hybridized carbons (Fsp3) is 0.667. The molecule has 0 spiro atoms. The smallest absolute Gasteiger partial charge is 0.223 e. The molecule has 7 heteroatoms. The summed E-state index contributed by atoms with van der Waals surface area (Å²) in [6, 6.07) is 5.68. The Morgan fingerprint density at radius 3 is 2.79 bits per heavy atom. The van der Waals surface area contributed by atoms with Gasteiger partial charge in [0.05, 0.1) is 16.8 Å². The second kappa shape index (κ2) is 8.76. The van der Waals surface area contributed by atoms with E-state index in [1.165, 1.54) is 5.56 Å². The molecule has 1 aromatic carbocycles. The Balaban J connectivity index is 1.41. The molecule has 0 bridgehead atoms. The predicted octanol–water partition coefficient (Wildman–Crippen LogP) is 2.85. The Bertz CT molecular complexity index is 812. The second-order valence-corrected chi connectivity index (χ2v) is 11.3. The summed E-state index contributed by atoms with van der Waals surface area (Å²) < 4.78 is 31.4. The lowest BCUT2D eigenvalue weighted by Gasteiger charge is -2.31. The van der Waals surface area contributed by atoms with Gasteiger partial charge in [-0.25, -0.2) is 8.42 Å². The van der Waals surface area contributed by atoms with Gasteiger partial charge < -0.3 is 9.64 Å². The molecule has 0 saturated carbocycles. The van der Waals surface area contributed by atoms with E-state index in [4.69, 9.17) is 4.74 Å². The van der Waals surface area contributed by atoms with Crippen LogP contribution in [0.3, 0.4) is 0 Å². The summed E-state index contributed by atoms with van der Waals surface area (Å²) in [5.74, 6) is 1.84. The molecule has 4 rings (SSSR count). The topological polar surface area (TPSA) is 63.7 Å². The molecular weight excluding hydrogens is 394 g/mol. The van der Waals surface area contributed by atoms with Gasteiger partial charge in [-0.1, -0.05) is 6.07 Å². The Kier molecular flexibility index (Phi) is 6.33. The number of thioether (sulfide) groups is 1. The van der Waals surface area contributed by atoms with Gasteiger partial charge in [-0.3, -0.25) is 4.79 Å². The van der Waals surface area contributed by atoms with Crippen LogP contribution < -0.4 is 0 Å². The molecule has 0 aromatic heterocycles. The van der Waals surface area contributed by atoms with E-state index >= 15 is 0 Å². The maximum Gasteiger partial charge on any atom is 0.223 e. The molecule has 2 aliphatic heterocycles. The van der Waals surface area contributed by atoms with Gasteiger partial charge in [0, 0.05) is 31.4 Å². The van der Waals surface area contributed by atoms with Crippen LogP contribution in [0.5, 0.6) is 0 Å². The van der Waals surface area contributed by atoms with Crippen molar-refractivity contribution in [2.45, 2.75) is 62.0 Å². The summed E-state index contributed by atoms with van der Waals surface area (Å²) >= 11 is 1.86. The van der Waals surface area contributed by atoms with Gasteiger partial charge in [0.15, 0.2) is 9.84 Å². The van der Waals surface area contributed by atoms with E-state index in [1.54, 1.807) is 6.07 Å². The minimum absolute atomic E-state index is 0.0484. The number of ether oxygens (including phenoxy) is 1. The van der Waals surface area contributed by atoms with E-state index in [2.05, 4.69) is 0 Å². The van der Waals surface area contributed by atoms with Crippen molar-refractivity contribution < 1.29 is 17.9 Å². The van der Waals surface area contributed by atoms with Crippen molar-refractivity contribution >= 4 is 27.5 Å². The number of carbonyl (C=O) groups excluding carboxylic acids is 1. The molecule has 0 N–H and O–H groups in total. The fourth-order valence-electron chi connectivity index (χ4n) is 4.45. The molecule has 2 unspecified atom stereocenters. The lowest BCUT2D eigenvalue weighted by Crippen LogP contribution is -2.45. The predicted molar refractivity (Wildman–Crippen MR) is 112 cm³/mol. The molecule has 0 radical (unpaired) electrons. The van der Waals surface area contributed by atoms with Crippen LogP contribution in [0.1, 0.15) is 43.2 Å². The van der Waals surface area contributed by atoms with Crippen LogP contribution in [-0.4, -0.2) is 61.8 Å². The fourth-order valence-corrected chi connectivity index (χ4v) is 6.96. The minimum Gasteiger partial charge on any atom is -0.376 e. The Hall–Kier alpha value is -1.05.